The molecule has 0 spiro atoms. The fourth-order valence-corrected chi connectivity index (χ4v) is 0.933. The molecular weight excluding hydrogens is 166 g/mol. The number of benzene rings is 1. The smallest absolute Gasteiger partial charge is 0.223 e. The van der Waals surface area contributed by atoms with Crippen molar-refractivity contribution in [2.24, 2.45) is 5.84 Å². The second-order valence-electron chi connectivity index (χ2n) is 2.59. The standard InChI is InChI=1S/C9H9N3O/c10-5-8-1-3-9(4-2-8)6-12(11)7-13/h1-4,7H,6,11H2. The van der Waals surface area contributed by atoms with Crippen LogP contribution in [0.3, 0.4) is 0 Å². The molecule has 1 aromatic rings. The number of carbonyl (C=O) groups excluding carboxylic acids is 1. The van der Waals surface area contributed by atoms with Crippen LogP contribution in [0.1, 0.15) is 11.1 Å². The summed E-state index contributed by atoms with van der Waals surface area (Å²) >= 11 is 0. The largest absolute Gasteiger partial charge is 0.279 e. The van der Waals surface area contributed by atoms with Crippen molar-refractivity contribution in [2.75, 3.05) is 0 Å². The van der Waals surface area contributed by atoms with Crippen LogP contribution in [0.5, 0.6) is 0 Å². The van der Waals surface area contributed by atoms with Gasteiger partial charge in [-0.2, -0.15) is 5.26 Å². The Morgan fingerprint density at radius 1 is 1.46 bits per heavy atom. The Labute approximate surface area is 76.2 Å². The minimum atomic E-state index is 0.356. The molecule has 0 saturated heterocycles. The summed E-state index contributed by atoms with van der Waals surface area (Å²) < 4.78 is 0. The first-order valence-corrected chi connectivity index (χ1v) is 3.72. The number of nitrogens with zero attached hydrogens (tertiary/aromatic N) is 2. The highest BCUT2D eigenvalue weighted by molar-refractivity contribution is 5.46. The molecule has 13 heavy (non-hydrogen) atoms. The zero-order valence-electron chi connectivity index (χ0n) is 6.97. The summed E-state index contributed by atoms with van der Waals surface area (Å²) in [5.74, 6) is 5.28. The van der Waals surface area contributed by atoms with E-state index >= 15 is 0 Å². The SMILES string of the molecule is N#Cc1ccc(CN(N)C=O)cc1. The summed E-state index contributed by atoms with van der Waals surface area (Å²) in [5.41, 5.74) is 1.49. The molecular formula is C9H9N3O. The van der Waals surface area contributed by atoms with E-state index in [2.05, 4.69) is 0 Å². The molecule has 0 saturated carbocycles. The average Bonchev–Trinajstić information content (AvgIpc) is 2.19. The Balaban J connectivity index is 2.70. The number of nitriles is 1. The van der Waals surface area contributed by atoms with E-state index in [0.29, 0.717) is 18.5 Å². The maximum atomic E-state index is 10.2. The van der Waals surface area contributed by atoms with Gasteiger partial charge in [0, 0.05) is 0 Å². The van der Waals surface area contributed by atoms with Crippen LogP contribution in [-0.2, 0) is 11.3 Å². The predicted molar refractivity (Wildman–Crippen MR) is 47.0 cm³/mol. The Morgan fingerprint density at radius 2 is 2.08 bits per heavy atom. The number of rotatable bonds is 3. The topological polar surface area (TPSA) is 70.1 Å². The molecule has 0 aromatic heterocycles. The van der Waals surface area contributed by atoms with Crippen LogP contribution in [0.4, 0.5) is 0 Å². The lowest BCUT2D eigenvalue weighted by Gasteiger charge is -2.09. The van der Waals surface area contributed by atoms with Crippen LogP contribution in [0, 0.1) is 11.3 Å². The van der Waals surface area contributed by atoms with Gasteiger partial charge in [0.1, 0.15) is 0 Å². The summed E-state index contributed by atoms with van der Waals surface area (Å²) in [6, 6.07) is 8.92. The first-order chi connectivity index (χ1) is 6.26. The molecule has 0 aliphatic heterocycles. The third-order valence-electron chi connectivity index (χ3n) is 1.58. The maximum absolute atomic E-state index is 10.2. The first-order valence-electron chi connectivity index (χ1n) is 3.72. The first kappa shape index (κ1) is 9.23. The van der Waals surface area contributed by atoms with Gasteiger partial charge in [-0.3, -0.25) is 9.80 Å². The second-order valence-corrected chi connectivity index (χ2v) is 2.59. The quantitative estimate of drug-likeness (QED) is 0.312. The maximum Gasteiger partial charge on any atom is 0.223 e. The highest BCUT2D eigenvalue weighted by Gasteiger charge is 1.97. The Kier molecular flexibility index (Phi) is 3.01. The van der Waals surface area contributed by atoms with Gasteiger partial charge in [-0.15, -0.1) is 0 Å². The molecule has 0 unspecified atom stereocenters. The van der Waals surface area contributed by atoms with E-state index < -0.39 is 0 Å². The number of hydrazine groups is 1. The fraction of sp³-hybridized carbons (Fsp3) is 0.111. The Bertz CT molecular complexity index is 326. The van der Waals surface area contributed by atoms with Gasteiger partial charge in [0.2, 0.25) is 6.41 Å². The van der Waals surface area contributed by atoms with Crippen LogP contribution in [0.2, 0.25) is 0 Å². The van der Waals surface area contributed by atoms with Crippen LogP contribution >= 0.6 is 0 Å². The molecule has 4 heteroatoms. The zero-order chi connectivity index (χ0) is 9.68. The predicted octanol–water partition coefficient (Wildman–Crippen LogP) is 0.390. The zero-order valence-corrected chi connectivity index (χ0v) is 6.97. The number of nitrogens with two attached hydrogens (primary N) is 1. The van der Waals surface area contributed by atoms with Gasteiger partial charge in [0.15, 0.2) is 0 Å². The molecule has 1 amide bonds. The lowest BCUT2D eigenvalue weighted by atomic mass is 10.1. The molecule has 0 aliphatic rings. The van der Waals surface area contributed by atoms with Gasteiger partial charge in [0.05, 0.1) is 18.2 Å². The van der Waals surface area contributed by atoms with Gasteiger partial charge in [-0.1, -0.05) is 12.1 Å². The minimum Gasteiger partial charge on any atom is -0.279 e. The molecule has 1 rings (SSSR count). The van der Waals surface area contributed by atoms with E-state index in [1.165, 1.54) is 0 Å². The third-order valence-corrected chi connectivity index (χ3v) is 1.58. The van der Waals surface area contributed by atoms with Crippen molar-refractivity contribution < 1.29 is 4.79 Å². The summed E-state index contributed by atoms with van der Waals surface area (Å²) in [5, 5.41) is 9.56. The summed E-state index contributed by atoms with van der Waals surface area (Å²) in [7, 11) is 0. The van der Waals surface area contributed by atoms with Crippen molar-refractivity contribution in [3.8, 4) is 6.07 Å². The molecule has 1 aromatic carbocycles. The monoisotopic (exact) mass is 175 g/mol. The van der Waals surface area contributed by atoms with Gasteiger partial charge < -0.3 is 0 Å². The average molecular weight is 175 g/mol. The Morgan fingerprint density at radius 3 is 2.54 bits per heavy atom. The van der Waals surface area contributed by atoms with Crippen molar-refractivity contribution in [3.63, 3.8) is 0 Å². The van der Waals surface area contributed by atoms with E-state index in [4.69, 9.17) is 11.1 Å². The van der Waals surface area contributed by atoms with Gasteiger partial charge in [-0.05, 0) is 17.7 Å². The summed E-state index contributed by atoms with van der Waals surface area (Å²) in [4.78, 5) is 10.2. The third kappa shape index (κ3) is 2.58. The molecule has 0 radical (unpaired) electrons. The van der Waals surface area contributed by atoms with E-state index in [0.717, 1.165) is 10.6 Å². The van der Waals surface area contributed by atoms with E-state index in [-0.39, 0.29) is 0 Å². The Hall–Kier alpha value is -1.86. The van der Waals surface area contributed by atoms with Gasteiger partial charge in [0.25, 0.3) is 0 Å². The molecule has 4 nitrogen and oxygen atoms in total. The minimum absolute atomic E-state index is 0.356. The normalized spacial score (nSPS) is 8.92. The molecule has 0 bridgehead atoms. The van der Waals surface area contributed by atoms with Crippen molar-refractivity contribution in [2.45, 2.75) is 6.54 Å². The molecule has 0 fully saturated rings. The second kappa shape index (κ2) is 4.24. The van der Waals surface area contributed by atoms with Crippen molar-refractivity contribution in [1.82, 2.24) is 5.01 Å². The molecule has 66 valence electrons. The van der Waals surface area contributed by atoms with Crippen LogP contribution in [0.15, 0.2) is 24.3 Å². The van der Waals surface area contributed by atoms with Crippen LogP contribution in [-0.4, -0.2) is 11.4 Å². The van der Waals surface area contributed by atoms with Crippen LogP contribution in [0.25, 0.3) is 0 Å². The van der Waals surface area contributed by atoms with Crippen molar-refractivity contribution >= 4 is 6.41 Å². The molecule has 2 N–H and O–H groups in total. The van der Waals surface area contributed by atoms with Crippen LogP contribution < -0.4 is 5.84 Å². The molecule has 0 atom stereocenters. The number of carbonyl (C=O) groups is 1. The van der Waals surface area contributed by atoms with Crippen molar-refractivity contribution in [3.05, 3.63) is 35.4 Å². The number of hydrogen-bond donors (Lipinski definition) is 1. The van der Waals surface area contributed by atoms with Gasteiger partial charge in [-0.25, -0.2) is 5.84 Å². The lowest BCUT2D eigenvalue weighted by Crippen LogP contribution is -2.28. The fourth-order valence-electron chi connectivity index (χ4n) is 0.933. The highest BCUT2D eigenvalue weighted by Crippen LogP contribution is 2.04. The number of amides is 1. The lowest BCUT2D eigenvalue weighted by molar-refractivity contribution is -0.118. The van der Waals surface area contributed by atoms with E-state index in [1.807, 2.05) is 6.07 Å². The van der Waals surface area contributed by atoms with Crippen molar-refractivity contribution in [1.29, 1.82) is 5.26 Å². The van der Waals surface area contributed by atoms with E-state index in [1.54, 1.807) is 24.3 Å². The number of hydrogen-bond acceptors (Lipinski definition) is 3. The van der Waals surface area contributed by atoms with Gasteiger partial charge >= 0.3 is 0 Å². The molecule has 0 heterocycles. The highest BCUT2D eigenvalue weighted by atomic mass is 16.1. The van der Waals surface area contributed by atoms with E-state index in [9.17, 15) is 4.79 Å². The summed E-state index contributed by atoms with van der Waals surface area (Å²) in [6.07, 6.45) is 0.554. The summed E-state index contributed by atoms with van der Waals surface area (Å²) in [6.45, 7) is 0.356. The molecule has 0 aliphatic carbocycles.